The SMILES string of the molecule is CCOC(=O)[C@H](CCc1ccc(-n2c(=O)c(C)cn(C)c2=O)nc1)NC(=O)c1cc(F)c(NS(=O)(=O)c2ccc(NC(=O)C(C)(C)C)cc2)cc1F. The number of carbonyl (C=O) groups is 3. The molecule has 4 aromatic rings. The van der Waals surface area contributed by atoms with Crippen LogP contribution in [0, 0.1) is 24.0 Å². The molecule has 0 unspecified atom stereocenters. The molecule has 0 aliphatic heterocycles. The zero-order valence-corrected chi connectivity index (χ0v) is 30.1. The molecule has 0 saturated carbocycles. The van der Waals surface area contributed by atoms with E-state index < -0.39 is 67.5 Å². The van der Waals surface area contributed by atoms with E-state index in [1.54, 1.807) is 40.7 Å². The van der Waals surface area contributed by atoms with E-state index in [0.717, 1.165) is 4.57 Å². The zero-order valence-electron chi connectivity index (χ0n) is 29.2. The summed E-state index contributed by atoms with van der Waals surface area (Å²) in [6.45, 7) is 8.19. The third kappa shape index (κ3) is 9.14. The standard InChI is InChI=1S/C35H38F2N6O8S/c1-7-51-32(46)27(14-8-21-9-15-29(38-18-21)43-31(45)20(2)19-42(6)34(43)48)40-30(44)24-16-26(37)28(17-25(24)36)41-52(49,50)23-12-10-22(11-13-23)39-33(47)35(3,4)5/h9-13,15-19,27,41H,7-8,14H2,1-6H3,(H,39,47)(H,40,44)/t27-/m0/s1. The number of hydrogen-bond acceptors (Lipinski definition) is 9. The van der Waals surface area contributed by atoms with Crippen LogP contribution in [-0.4, -0.2) is 53.0 Å². The Labute approximate surface area is 297 Å². The van der Waals surface area contributed by atoms with E-state index in [-0.39, 0.29) is 36.1 Å². The van der Waals surface area contributed by atoms with Crippen LogP contribution in [0.2, 0.25) is 0 Å². The van der Waals surface area contributed by atoms with Crippen molar-refractivity contribution in [3.05, 3.63) is 110 Å². The van der Waals surface area contributed by atoms with Crippen molar-refractivity contribution in [1.29, 1.82) is 0 Å². The highest BCUT2D eigenvalue weighted by molar-refractivity contribution is 7.92. The third-order valence-electron chi connectivity index (χ3n) is 7.71. The van der Waals surface area contributed by atoms with Gasteiger partial charge in [-0.05, 0) is 68.7 Å². The zero-order chi connectivity index (χ0) is 38.5. The van der Waals surface area contributed by atoms with E-state index in [2.05, 4.69) is 15.6 Å². The summed E-state index contributed by atoms with van der Waals surface area (Å²) >= 11 is 0. The second kappa shape index (κ2) is 15.7. The van der Waals surface area contributed by atoms with Crippen LogP contribution in [0.15, 0.2) is 75.4 Å². The molecule has 0 radical (unpaired) electrons. The average molecular weight is 741 g/mol. The Kier molecular flexibility index (Phi) is 11.8. The number of amides is 2. The van der Waals surface area contributed by atoms with Gasteiger partial charge in [-0.2, -0.15) is 0 Å². The minimum atomic E-state index is -4.43. The number of esters is 1. The summed E-state index contributed by atoms with van der Waals surface area (Å²) in [5.41, 5.74) is -2.18. The van der Waals surface area contributed by atoms with Gasteiger partial charge in [-0.3, -0.25) is 19.1 Å². The molecule has 14 nitrogen and oxygen atoms in total. The number of ether oxygens (including phenoxy) is 1. The number of aromatic nitrogens is 3. The quantitative estimate of drug-likeness (QED) is 0.183. The van der Waals surface area contributed by atoms with Crippen molar-refractivity contribution in [3.63, 3.8) is 0 Å². The van der Waals surface area contributed by atoms with Gasteiger partial charge < -0.3 is 19.9 Å². The molecule has 276 valence electrons. The lowest BCUT2D eigenvalue weighted by Crippen LogP contribution is -2.42. The Bertz CT molecular complexity index is 2200. The highest BCUT2D eigenvalue weighted by Crippen LogP contribution is 2.25. The molecule has 17 heteroatoms. The highest BCUT2D eigenvalue weighted by Gasteiger charge is 2.27. The van der Waals surface area contributed by atoms with Crippen LogP contribution in [0.1, 0.15) is 55.6 Å². The largest absolute Gasteiger partial charge is 0.464 e. The molecule has 0 saturated heterocycles. The third-order valence-corrected chi connectivity index (χ3v) is 9.09. The molecule has 2 aromatic carbocycles. The minimum absolute atomic E-state index is 0.0340. The molecular formula is C35H38F2N6O8S. The van der Waals surface area contributed by atoms with Gasteiger partial charge in [-0.25, -0.2) is 36.3 Å². The summed E-state index contributed by atoms with van der Waals surface area (Å²) in [6, 6.07) is 7.73. The molecule has 0 bridgehead atoms. The van der Waals surface area contributed by atoms with Crippen LogP contribution in [0.4, 0.5) is 20.2 Å². The van der Waals surface area contributed by atoms with Crippen LogP contribution in [0.5, 0.6) is 0 Å². The minimum Gasteiger partial charge on any atom is -0.464 e. The molecule has 52 heavy (non-hydrogen) atoms. The first-order chi connectivity index (χ1) is 24.3. The molecule has 0 aliphatic rings. The lowest BCUT2D eigenvalue weighted by Gasteiger charge is -2.18. The van der Waals surface area contributed by atoms with Crippen LogP contribution < -0.4 is 26.6 Å². The summed E-state index contributed by atoms with van der Waals surface area (Å²) in [4.78, 5) is 67.0. The lowest BCUT2D eigenvalue weighted by molar-refractivity contribution is -0.145. The van der Waals surface area contributed by atoms with Gasteiger partial charge in [0.1, 0.15) is 23.5 Å². The van der Waals surface area contributed by atoms with E-state index in [0.29, 0.717) is 28.9 Å². The van der Waals surface area contributed by atoms with Crippen LogP contribution in [0.25, 0.3) is 5.82 Å². The molecule has 0 aliphatic carbocycles. The number of benzene rings is 2. The van der Waals surface area contributed by atoms with E-state index in [1.807, 2.05) is 4.72 Å². The van der Waals surface area contributed by atoms with Gasteiger partial charge in [-0.15, -0.1) is 0 Å². The number of nitrogens with one attached hydrogen (secondary N) is 3. The Morgan fingerprint density at radius 3 is 2.27 bits per heavy atom. The summed E-state index contributed by atoms with van der Waals surface area (Å²) in [6.07, 6.45) is 2.88. The van der Waals surface area contributed by atoms with Gasteiger partial charge in [0.05, 0.1) is 22.8 Å². The molecule has 0 fully saturated rings. The van der Waals surface area contributed by atoms with Gasteiger partial charge >= 0.3 is 11.7 Å². The summed E-state index contributed by atoms with van der Waals surface area (Å²) in [5, 5.41) is 4.99. The number of anilines is 2. The highest BCUT2D eigenvalue weighted by atomic mass is 32.2. The first-order valence-electron chi connectivity index (χ1n) is 16.0. The maximum atomic E-state index is 15.2. The number of rotatable bonds is 12. The van der Waals surface area contributed by atoms with Crippen molar-refractivity contribution in [2.75, 3.05) is 16.6 Å². The van der Waals surface area contributed by atoms with Crippen LogP contribution in [0.3, 0.4) is 0 Å². The van der Waals surface area contributed by atoms with Crippen molar-refractivity contribution < 1.29 is 36.3 Å². The number of sulfonamides is 1. The van der Waals surface area contributed by atoms with Crippen molar-refractivity contribution >= 4 is 39.2 Å². The fraction of sp³-hybridized carbons (Fsp3) is 0.314. The van der Waals surface area contributed by atoms with E-state index in [4.69, 9.17) is 4.74 Å². The number of hydrogen-bond donors (Lipinski definition) is 3. The van der Waals surface area contributed by atoms with Gasteiger partial charge in [-0.1, -0.05) is 26.8 Å². The second-order valence-corrected chi connectivity index (χ2v) is 14.5. The Morgan fingerprint density at radius 1 is 1.00 bits per heavy atom. The number of halogens is 2. The molecule has 4 rings (SSSR count). The first kappa shape index (κ1) is 39.1. The molecule has 0 spiro atoms. The number of aryl methyl sites for hydroxylation is 3. The smallest absolute Gasteiger partial charge is 0.336 e. The van der Waals surface area contributed by atoms with E-state index in [9.17, 15) is 32.4 Å². The Morgan fingerprint density at radius 2 is 1.67 bits per heavy atom. The summed E-state index contributed by atoms with van der Waals surface area (Å²) in [7, 11) is -2.93. The van der Waals surface area contributed by atoms with Crippen LogP contribution in [-0.2, 0) is 37.8 Å². The Balaban J connectivity index is 1.47. The summed E-state index contributed by atoms with van der Waals surface area (Å²) < 4.78 is 65.4. The topological polar surface area (TPSA) is 188 Å². The van der Waals surface area contributed by atoms with Crippen molar-refractivity contribution in [3.8, 4) is 5.82 Å². The second-order valence-electron chi connectivity index (χ2n) is 12.8. The normalized spacial score (nSPS) is 12.2. The molecule has 2 amide bonds. The molecular weight excluding hydrogens is 702 g/mol. The number of nitrogens with zero attached hydrogens (tertiary/aromatic N) is 3. The molecule has 3 N–H and O–H groups in total. The maximum absolute atomic E-state index is 15.2. The predicted octanol–water partition coefficient (Wildman–Crippen LogP) is 3.60. The van der Waals surface area contributed by atoms with E-state index >= 15 is 8.78 Å². The summed E-state index contributed by atoms with van der Waals surface area (Å²) in [5.74, 6) is -4.78. The van der Waals surface area contributed by atoms with Crippen molar-refractivity contribution in [2.45, 2.75) is 58.4 Å². The van der Waals surface area contributed by atoms with Crippen molar-refractivity contribution in [1.82, 2.24) is 19.4 Å². The van der Waals surface area contributed by atoms with Gasteiger partial charge in [0.15, 0.2) is 0 Å². The maximum Gasteiger partial charge on any atom is 0.336 e. The predicted molar refractivity (Wildman–Crippen MR) is 188 cm³/mol. The molecule has 2 aromatic heterocycles. The Hall–Kier alpha value is -5.71. The number of pyridine rings is 1. The molecule has 1 atom stereocenters. The van der Waals surface area contributed by atoms with Crippen LogP contribution >= 0.6 is 0 Å². The van der Waals surface area contributed by atoms with Gasteiger partial charge in [0, 0.05) is 42.2 Å². The molecule has 2 heterocycles. The fourth-order valence-electron chi connectivity index (χ4n) is 4.80. The first-order valence-corrected chi connectivity index (χ1v) is 17.5. The van der Waals surface area contributed by atoms with E-state index in [1.165, 1.54) is 54.3 Å². The fourth-order valence-corrected chi connectivity index (χ4v) is 5.86. The number of carbonyl (C=O) groups excluding carboxylic acids is 3. The van der Waals surface area contributed by atoms with Gasteiger partial charge in [0.25, 0.3) is 21.5 Å². The van der Waals surface area contributed by atoms with Gasteiger partial charge in [0.2, 0.25) is 5.91 Å². The monoisotopic (exact) mass is 740 g/mol. The lowest BCUT2D eigenvalue weighted by atomic mass is 9.95. The average Bonchev–Trinajstić information content (AvgIpc) is 3.07. The van der Waals surface area contributed by atoms with Crippen molar-refractivity contribution in [2.24, 2.45) is 12.5 Å².